The van der Waals surface area contributed by atoms with Crippen molar-refractivity contribution in [3.8, 4) is 0 Å². The summed E-state index contributed by atoms with van der Waals surface area (Å²) in [5.41, 5.74) is 2.13. The second kappa shape index (κ2) is 3.22. The minimum absolute atomic E-state index is 0. The van der Waals surface area contributed by atoms with Gasteiger partial charge in [0.2, 0.25) is 0 Å². The molecular weight excluding hydrogens is 208 g/mol. The summed E-state index contributed by atoms with van der Waals surface area (Å²) in [6, 6.07) is 7.92. The molecule has 1 radical (unpaired) electrons. The van der Waals surface area contributed by atoms with Crippen LogP contribution in [-0.2, 0) is 17.1 Å². The molecule has 1 aromatic carbocycles. The molecule has 2 nitrogen and oxygen atoms in total. The fourth-order valence-corrected chi connectivity index (χ4v) is 1.20. The molecule has 0 spiro atoms. The molecule has 0 aliphatic rings. The SMILES string of the molecule is S=c1[nH]c2ccccc2[nH]1.[Cu+2]. The summed E-state index contributed by atoms with van der Waals surface area (Å²) in [7, 11) is 0. The summed E-state index contributed by atoms with van der Waals surface area (Å²) >= 11 is 4.90. The Bertz CT molecular complexity index is 368. The summed E-state index contributed by atoms with van der Waals surface area (Å²) in [5, 5.41) is 0. The average molecular weight is 214 g/mol. The topological polar surface area (TPSA) is 31.6 Å². The smallest absolute Gasteiger partial charge is 0.331 e. The van der Waals surface area contributed by atoms with Gasteiger partial charge in [-0.15, -0.1) is 0 Å². The number of para-hydroxylation sites is 2. The Hall–Kier alpha value is -0.571. The van der Waals surface area contributed by atoms with Crippen molar-refractivity contribution >= 4 is 23.3 Å². The molecule has 0 aliphatic heterocycles. The predicted molar refractivity (Wildman–Crippen MR) is 43.5 cm³/mol. The summed E-state index contributed by atoms with van der Waals surface area (Å²) in [4.78, 5) is 6.04. The van der Waals surface area contributed by atoms with Gasteiger partial charge in [-0.2, -0.15) is 0 Å². The summed E-state index contributed by atoms with van der Waals surface area (Å²) in [6.07, 6.45) is 0. The third kappa shape index (κ3) is 1.53. The van der Waals surface area contributed by atoms with Gasteiger partial charge < -0.3 is 9.97 Å². The van der Waals surface area contributed by atoms with Crippen LogP contribution in [0.4, 0.5) is 0 Å². The molecule has 0 fully saturated rings. The van der Waals surface area contributed by atoms with Crippen LogP contribution >= 0.6 is 12.2 Å². The van der Waals surface area contributed by atoms with Gasteiger partial charge in [-0.25, -0.2) is 0 Å². The van der Waals surface area contributed by atoms with Crippen LogP contribution in [0.3, 0.4) is 0 Å². The third-order valence-corrected chi connectivity index (χ3v) is 1.63. The number of fused-ring (bicyclic) bond motifs is 1. The number of aromatic amines is 2. The normalized spacial score (nSPS) is 9.45. The first-order valence-corrected chi connectivity index (χ1v) is 3.44. The van der Waals surface area contributed by atoms with Crippen molar-refractivity contribution in [3.05, 3.63) is 29.0 Å². The van der Waals surface area contributed by atoms with Gasteiger partial charge in [0, 0.05) is 0 Å². The van der Waals surface area contributed by atoms with Crippen LogP contribution in [0.1, 0.15) is 0 Å². The molecule has 1 heterocycles. The molecule has 11 heavy (non-hydrogen) atoms. The molecule has 0 amide bonds. The standard InChI is InChI=1S/C7H6N2S.Cu/c10-7-8-5-3-1-2-4-6(5)9-7;/h1-4H,(H2,8,9,10);/q;+2. The zero-order valence-corrected chi connectivity index (χ0v) is 7.28. The number of aromatic nitrogens is 2. The minimum atomic E-state index is 0. The molecule has 0 bridgehead atoms. The molecule has 2 aromatic rings. The monoisotopic (exact) mass is 213 g/mol. The second-order valence-electron chi connectivity index (χ2n) is 2.12. The molecular formula is C7H6CuN2S+2. The average Bonchev–Trinajstić information content (AvgIpc) is 2.27. The van der Waals surface area contributed by atoms with Gasteiger partial charge in [0.25, 0.3) is 0 Å². The molecule has 4 heteroatoms. The largest absolute Gasteiger partial charge is 2.00 e. The van der Waals surface area contributed by atoms with E-state index in [1.807, 2.05) is 24.3 Å². The summed E-state index contributed by atoms with van der Waals surface area (Å²) in [5.74, 6) is 0. The molecule has 59 valence electrons. The summed E-state index contributed by atoms with van der Waals surface area (Å²) in [6.45, 7) is 0. The van der Waals surface area contributed by atoms with E-state index in [9.17, 15) is 0 Å². The van der Waals surface area contributed by atoms with Crippen molar-refractivity contribution in [1.82, 2.24) is 9.97 Å². The number of H-pyrrole nitrogens is 2. The quantitative estimate of drug-likeness (QED) is 0.511. The first kappa shape index (κ1) is 8.53. The van der Waals surface area contributed by atoms with Crippen LogP contribution < -0.4 is 0 Å². The van der Waals surface area contributed by atoms with Crippen LogP contribution in [0.25, 0.3) is 11.0 Å². The van der Waals surface area contributed by atoms with Crippen molar-refractivity contribution in [2.24, 2.45) is 0 Å². The zero-order chi connectivity index (χ0) is 6.97. The number of hydrogen-bond donors (Lipinski definition) is 2. The van der Waals surface area contributed by atoms with Gasteiger partial charge in [0.05, 0.1) is 11.0 Å². The maximum Gasteiger partial charge on any atom is 2.00 e. The summed E-state index contributed by atoms with van der Waals surface area (Å²) < 4.78 is 0.682. The maximum atomic E-state index is 4.90. The van der Waals surface area contributed by atoms with Gasteiger partial charge in [-0.1, -0.05) is 12.1 Å². The van der Waals surface area contributed by atoms with Gasteiger partial charge in [-0.3, -0.25) is 0 Å². The fraction of sp³-hybridized carbons (Fsp3) is 0. The Kier molecular flexibility index (Phi) is 2.49. The van der Waals surface area contributed by atoms with Crippen LogP contribution in [0, 0.1) is 4.77 Å². The molecule has 2 rings (SSSR count). The van der Waals surface area contributed by atoms with Crippen molar-refractivity contribution in [3.63, 3.8) is 0 Å². The number of benzene rings is 1. The Labute approximate surface area is 79.5 Å². The van der Waals surface area contributed by atoms with E-state index in [1.54, 1.807) is 0 Å². The van der Waals surface area contributed by atoms with Crippen LogP contribution in [0.2, 0.25) is 0 Å². The maximum absolute atomic E-state index is 4.90. The Balaban J connectivity index is 0.000000605. The van der Waals surface area contributed by atoms with E-state index < -0.39 is 0 Å². The van der Waals surface area contributed by atoms with Gasteiger partial charge in [0.15, 0.2) is 4.77 Å². The van der Waals surface area contributed by atoms with Gasteiger partial charge in [-0.05, 0) is 24.4 Å². The third-order valence-electron chi connectivity index (χ3n) is 1.42. The van der Waals surface area contributed by atoms with E-state index in [0.29, 0.717) is 4.77 Å². The minimum Gasteiger partial charge on any atom is -0.331 e. The van der Waals surface area contributed by atoms with Crippen LogP contribution in [0.15, 0.2) is 24.3 Å². The van der Waals surface area contributed by atoms with E-state index in [2.05, 4.69) is 9.97 Å². The predicted octanol–water partition coefficient (Wildman–Crippen LogP) is 2.22. The first-order valence-electron chi connectivity index (χ1n) is 3.03. The molecule has 0 saturated heterocycles. The molecule has 0 aliphatic carbocycles. The Morgan fingerprint density at radius 1 is 1.00 bits per heavy atom. The molecule has 0 saturated carbocycles. The van der Waals surface area contributed by atoms with Crippen molar-refractivity contribution in [2.75, 3.05) is 0 Å². The number of nitrogens with one attached hydrogen (secondary N) is 2. The van der Waals surface area contributed by atoms with Crippen LogP contribution in [-0.4, -0.2) is 9.97 Å². The molecule has 1 aromatic heterocycles. The Morgan fingerprint density at radius 3 is 1.91 bits per heavy atom. The molecule has 2 N–H and O–H groups in total. The van der Waals surface area contributed by atoms with E-state index in [-0.39, 0.29) is 17.1 Å². The second-order valence-corrected chi connectivity index (χ2v) is 2.53. The van der Waals surface area contributed by atoms with Crippen molar-refractivity contribution in [1.29, 1.82) is 0 Å². The van der Waals surface area contributed by atoms with Crippen LogP contribution in [0.5, 0.6) is 0 Å². The fourth-order valence-electron chi connectivity index (χ4n) is 0.977. The zero-order valence-electron chi connectivity index (χ0n) is 5.52. The van der Waals surface area contributed by atoms with Gasteiger partial charge in [0.1, 0.15) is 0 Å². The number of hydrogen-bond acceptors (Lipinski definition) is 1. The van der Waals surface area contributed by atoms with E-state index in [0.717, 1.165) is 11.0 Å². The van der Waals surface area contributed by atoms with E-state index in [1.165, 1.54) is 0 Å². The van der Waals surface area contributed by atoms with E-state index >= 15 is 0 Å². The molecule has 0 unspecified atom stereocenters. The molecule has 0 atom stereocenters. The van der Waals surface area contributed by atoms with E-state index in [4.69, 9.17) is 12.2 Å². The number of rotatable bonds is 0. The first-order chi connectivity index (χ1) is 4.86. The van der Waals surface area contributed by atoms with Crippen molar-refractivity contribution < 1.29 is 17.1 Å². The van der Waals surface area contributed by atoms with Crippen molar-refractivity contribution in [2.45, 2.75) is 0 Å². The Morgan fingerprint density at radius 2 is 1.45 bits per heavy atom. The number of imidazole rings is 1. The van der Waals surface area contributed by atoms with Gasteiger partial charge >= 0.3 is 17.1 Å².